The van der Waals surface area contributed by atoms with Crippen LogP contribution in [0.25, 0.3) is 16.7 Å². The Kier molecular flexibility index (Phi) is 7.51. The Morgan fingerprint density at radius 3 is 2.65 bits per heavy atom. The number of nitrogens with zero attached hydrogens (tertiary/aromatic N) is 3. The van der Waals surface area contributed by atoms with Crippen LogP contribution in [0.5, 0.6) is 0 Å². The van der Waals surface area contributed by atoms with Crippen molar-refractivity contribution in [3.8, 4) is 0 Å². The molecule has 0 aliphatic carbocycles. The number of fused-ring (bicyclic) bond motifs is 1. The minimum atomic E-state index is -4.54. The highest BCUT2D eigenvalue weighted by atomic mass is 19.4. The predicted molar refractivity (Wildman–Crippen MR) is 150 cm³/mol. The third kappa shape index (κ3) is 6.11. The maximum Gasteiger partial charge on any atom is 0.416 e. The molecule has 1 fully saturated rings. The quantitative estimate of drug-likeness (QED) is 0.182. The standard InChI is InChI=1S/C29H30F3N7O/c1-18-4-5-21(13-26(18)39(34)17-25(33)22-12-20-6-7-35-27(20)36-15-22)28(40)37-24-11-19(16-38-8-2-3-9-38)10-23(14-24)29(30,31)32/h4-7,10-15,17H,2-3,8-9,16,33-34H2,1H3,(H,35,36)(H,37,40)/b25-17-. The second-order valence-electron chi connectivity index (χ2n) is 9.99. The van der Waals surface area contributed by atoms with Gasteiger partial charge in [-0.05, 0) is 86.4 Å². The first-order valence-corrected chi connectivity index (χ1v) is 12.9. The van der Waals surface area contributed by atoms with Crippen molar-refractivity contribution in [1.29, 1.82) is 0 Å². The largest absolute Gasteiger partial charge is 0.416 e. The lowest BCUT2D eigenvalue weighted by molar-refractivity contribution is -0.137. The summed E-state index contributed by atoms with van der Waals surface area (Å²) >= 11 is 0. The van der Waals surface area contributed by atoms with Gasteiger partial charge in [-0.15, -0.1) is 0 Å². The molecule has 0 spiro atoms. The summed E-state index contributed by atoms with van der Waals surface area (Å²) in [5.74, 6) is 5.75. The molecule has 1 amide bonds. The van der Waals surface area contributed by atoms with Crippen molar-refractivity contribution in [3.63, 3.8) is 0 Å². The number of aryl methyl sites for hydroxylation is 1. The van der Waals surface area contributed by atoms with Crippen molar-refractivity contribution in [2.24, 2.45) is 11.6 Å². The van der Waals surface area contributed by atoms with Crippen molar-refractivity contribution in [1.82, 2.24) is 14.9 Å². The Bertz CT molecular complexity index is 1570. The molecule has 6 N–H and O–H groups in total. The number of hydrazine groups is 1. The smallest absolute Gasteiger partial charge is 0.397 e. The number of alkyl halides is 3. The van der Waals surface area contributed by atoms with E-state index in [0.717, 1.165) is 54.7 Å². The minimum absolute atomic E-state index is 0.0811. The van der Waals surface area contributed by atoms with E-state index in [-0.39, 0.29) is 11.3 Å². The van der Waals surface area contributed by atoms with E-state index >= 15 is 0 Å². The lowest BCUT2D eigenvalue weighted by Gasteiger charge is -2.19. The van der Waals surface area contributed by atoms with Gasteiger partial charge in [-0.3, -0.25) is 14.7 Å². The molecule has 0 radical (unpaired) electrons. The number of aromatic nitrogens is 2. The monoisotopic (exact) mass is 549 g/mol. The van der Waals surface area contributed by atoms with Gasteiger partial charge in [0.25, 0.3) is 5.91 Å². The summed E-state index contributed by atoms with van der Waals surface area (Å²) in [6.45, 7) is 3.90. The number of halogens is 3. The van der Waals surface area contributed by atoms with Crippen LogP contribution < -0.4 is 21.9 Å². The molecule has 4 aromatic rings. The van der Waals surface area contributed by atoms with Crippen LogP contribution in [0.2, 0.25) is 0 Å². The first-order chi connectivity index (χ1) is 19.1. The molecule has 1 aliphatic heterocycles. The molecule has 0 unspecified atom stereocenters. The summed E-state index contributed by atoms with van der Waals surface area (Å²) < 4.78 is 40.9. The predicted octanol–water partition coefficient (Wildman–Crippen LogP) is 5.38. The van der Waals surface area contributed by atoms with Crippen LogP contribution in [0, 0.1) is 6.92 Å². The number of carbonyl (C=O) groups is 1. The second-order valence-corrected chi connectivity index (χ2v) is 9.99. The van der Waals surface area contributed by atoms with Crippen LogP contribution in [-0.2, 0) is 12.7 Å². The van der Waals surface area contributed by atoms with E-state index in [4.69, 9.17) is 11.6 Å². The number of H-pyrrole nitrogens is 1. The number of pyridine rings is 1. The molecular formula is C29H30F3N7O. The Hall–Kier alpha value is -4.35. The number of anilines is 2. The van der Waals surface area contributed by atoms with E-state index in [2.05, 4.69) is 20.2 Å². The molecule has 2 aromatic carbocycles. The fourth-order valence-electron chi connectivity index (χ4n) is 4.84. The maximum absolute atomic E-state index is 13.6. The number of nitrogens with one attached hydrogen (secondary N) is 2. The Morgan fingerprint density at radius 1 is 1.12 bits per heavy atom. The molecule has 0 saturated carbocycles. The average molecular weight is 550 g/mol. The molecular weight excluding hydrogens is 519 g/mol. The molecule has 2 aromatic heterocycles. The fourth-order valence-corrected chi connectivity index (χ4v) is 4.84. The summed E-state index contributed by atoms with van der Waals surface area (Å²) in [4.78, 5) is 22.6. The molecule has 5 rings (SSSR count). The lowest BCUT2D eigenvalue weighted by Crippen LogP contribution is -2.27. The maximum atomic E-state index is 13.6. The molecule has 208 valence electrons. The van der Waals surface area contributed by atoms with Crippen molar-refractivity contribution >= 4 is 34.0 Å². The van der Waals surface area contributed by atoms with Crippen molar-refractivity contribution < 1.29 is 18.0 Å². The van der Waals surface area contributed by atoms with Gasteiger partial charge in [-0.1, -0.05) is 6.07 Å². The van der Waals surface area contributed by atoms with Gasteiger partial charge in [-0.25, -0.2) is 10.8 Å². The molecule has 3 heterocycles. The molecule has 0 atom stereocenters. The second kappa shape index (κ2) is 11.0. The first kappa shape index (κ1) is 27.2. The van der Waals surface area contributed by atoms with Gasteiger partial charge in [0.15, 0.2) is 0 Å². The highest BCUT2D eigenvalue weighted by Crippen LogP contribution is 2.33. The Morgan fingerprint density at radius 2 is 1.90 bits per heavy atom. The number of hydrogen-bond donors (Lipinski definition) is 4. The van der Waals surface area contributed by atoms with Crippen LogP contribution >= 0.6 is 0 Å². The summed E-state index contributed by atoms with van der Waals surface area (Å²) in [5, 5.41) is 4.84. The molecule has 11 heteroatoms. The van der Waals surface area contributed by atoms with E-state index in [1.54, 1.807) is 36.7 Å². The molecule has 40 heavy (non-hydrogen) atoms. The van der Waals surface area contributed by atoms with Gasteiger partial charge in [0.2, 0.25) is 0 Å². The van der Waals surface area contributed by atoms with Crippen LogP contribution in [-0.4, -0.2) is 33.9 Å². The Balaban J connectivity index is 1.37. The van der Waals surface area contributed by atoms with Gasteiger partial charge in [0, 0.05) is 47.3 Å². The topological polar surface area (TPSA) is 116 Å². The van der Waals surface area contributed by atoms with Crippen molar-refractivity contribution in [2.75, 3.05) is 23.4 Å². The zero-order chi connectivity index (χ0) is 28.4. The lowest BCUT2D eigenvalue weighted by atomic mass is 10.1. The van der Waals surface area contributed by atoms with Gasteiger partial charge in [0.05, 0.1) is 16.9 Å². The number of carbonyl (C=O) groups excluding carboxylic acids is 1. The minimum Gasteiger partial charge on any atom is -0.397 e. The zero-order valence-corrected chi connectivity index (χ0v) is 21.9. The fraction of sp³-hybridized carbons (Fsp3) is 0.241. The third-order valence-electron chi connectivity index (χ3n) is 6.94. The van der Waals surface area contributed by atoms with E-state index in [0.29, 0.717) is 29.1 Å². The van der Waals surface area contributed by atoms with Crippen LogP contribution in [0.15, 0.2) is 67.1 Å². The van der Waals surface area contributed by atoms with E-state index < -0.39 is 17.6 Å². The summed E-state index contributed by atoms with van der Waals surface area (Å²) in [6.07, 6.45) is 2.45. The van der Waals surface area contributed by atoms with E-state index in [9.17, 15) is 18.0 Å². The molecule has 8 nitrogen and oxygen atoms in total. The van der Waals surface area contributed by atoms with Crippen molar-refractivity contribution in [2.45, 2.75) is 32.5 Å². The number of nitrogens with two attached hydrogens (primary N) is 2. The number of aromatic amines is 1. The van der Waals surface area contributed by atoms with E-state index in [1.165, 1.54) is 11.2 Å². The zero-order valence-electron chi connectivity index (χ0n) is 21.9. The number of amides is 1. The number of benzene rings is 2. The number of hydrogen-bond acceptors (Lipinski definition) is 6. The van der Waals surface area contributed by atoms with Gasteiger partial charge >= 0.3 is 6.18 Å². The highest BCUT2D eigenvalue weighted by Gasteiger charge is 2.31. The third-order valence-corrected chi connectivity index (χ3v) is 6.94. The van der Waals surface area contributed by atoms with Crippen LogP contribution in [0.3, 0.4) is 0 Å². The van der Waals surface area contributed by atoms with Gasteiger partial charge in [-0.2, -0.15) is 13.2 Å². The SMILES string of the molecule is Cc1ccc(C(=O)Nc2cc(CN3CCCC3)cc(C(F)(F)F)c2)cc1N(N)/C=C(\N)c1cnc2[nH]ccc2c1. The van der Waals surface area contributed by atoms with Crippen molar-refractivity contribution in [3.05, 3.63) is 94.9 Å². The molecule has 0 bridgehead atoms. The number of rotatable bonds is 7. The first-order valence-electron chi connectivity index (χ1n) is 12.9. The number of likely N-dealkylation sites (tertiary alicyclic amines) is 1. The summed E-state index contributed by atoms with van der Waals surface area (Å²) in [5.41, 5.74) is 9.34. The normalized spacial score (nSPS) is 14.6. The highest BCUT2D eigenvalue weighted by molar-refractivity contribution is 6.05. The van der Waals surface area contributed by atoms with Crippen LogP contribution in [0.1, 0.15) is 45.5 Å². The summed E-state index contributed by atoms with van der Waals surface area (Å²) in [6, 6.07) is 12.3. The molecule has 1 saturated heterocycles. The van der Waals surface area contributed by atoms with E-state index in [1.807, 2.05) is 19.1 Å². The summed E-state index contributed by atoms with van der Waals surface area (Å²) in [7, 11) is 0. The van der Waals surface area contributed by atoms with Gasteiger partial charge < -0.3 is 16.0 Å². The van der Waals surface area contributed by atoms with Crippen LogP contribution in [0.4, 0.5) is 24.5 Å². The Labute approximate surface area is 229 Å². The van der Waals surface area contributed by atoms with Gasteiger partial charge in [0.1, 0.15) is 5.65 Å². The molecule has 1 aliphatic rings. The average Bonchev–Trinajstić information content (AvgIpc) is 3.59.